The number of fused-ring (bicyclic) bond motifs is 7. The van der Waals surface area contributed by atoms with Gasteiger partial charge in [-0.2, -0.15) is 0 Å². The summed E-state index contributed by atoms with van der Waals surface area (Å²) in [6, 6.07) is 7.31. The van der Waals surface area contributed by atoms with E-state index < -0.39 is 92.6 Å². The van der Waals surface area contributed by atoms with E-state index in [2.05, 4.69) is 38.3 Å². The molecule has 4 saturated heterocycles. The van der Waals surface area contributed by atoms with Gasteiger partial charge >= 0.3 is 12.2 Å². The Morgan fingerprint density at radius 1 is 0.803 bits per heavy atom. The van der Waals surface area contributed by atoms with Crippen LogP contribution in [0.2, 0.25) is 0 Å². The van der Waals surface area contributed by atoms with Crippen molar-refractivity contribution in [3.63, 3.8) is 0 Å². The summed E-state index contributed by atoms with van der Waals surface area (Å²) >= 11 is 2.85. The van der Waals surface area contributed by atoms with Crippen LogP contribution < -0.4 is 10.6 Å². The molecule has 6 heterocycles. The number of hydrogen-bond donors (Lipinski definition) is 7. The first-order valence-electron chi connectivity index (χ1n) is 25.7. The van der Waals surface area contributed by atoms with Gasteiger partial charge in [-0.3, -0.25) is 4.79 Å². The highest BCUT2D eigenvalue weighted by atomic mass is 32.1. The summed E-state index contributed by atoms with van der Waals surface area (Å²) in [6.07, 6.45) is -10.6. The van der Waals surface area contributed by atoms with E-state index in [0.29, 0.717) is 43.5 Å². The molecule has 4 aliphatic carbocycles. The second-order valence-electron chi connectivity index (χ2n) is 22.3. The van der Waals surface area contributed by atoms with Gasteiger partial charge in [0.1, 0.15) is 55.1 Å². The van der Waals surface area contributed by atoms with Crippen molar-refractivity contribution < 1.29 is 77.8 Å². The van der Waals surface area contributed by atoms with Gasteiger partial charge < -0.3 is 74.1 Å². The number of aliphatic hydroxyl groups excluding tert-OH is 5. The summed E-state index contributed by atoms with van der Waals surface area (Å²) < 4.78 is 49.0. The number of hydrogen-bond acceptors (Lipinski definition) is 18. The van der Waals surface area contributed by atoms with Crippen LogP contribution in [0.3, 0.4) is 0 Å². The van der Waals surface area contributed by atoms with Crippen LogP contribution in [0, 0.1) is 52.3 Å². The number of Topliss-reactive ketones (excluding diaryl/α,β-unsaturated/α-hetero) is 1. The molecule has 394 valence electrons. The molecule has 5 unspecified atom stereocenters. The Morgan fingerprint density at radius 2 is 1.48 bits per heavy atom. The topological polar surface area (TPSA) is 250 Å². The molecule has 0 bridgehead atoms. The Hall–Kier alpha value is -2.83. The van der Waals surface area contributed by atoms with E-state index in [4.69, 9.17) is 37.9 Å². The number of ketones is 1. The molecule has 22 atom stereocenters. The third kappa shape index (κ3) is 9.74. The van der Waals surface area contributed by atoms with Crippen molar-refractivity contribution in [3.05, 3.63) is 44.8 Å². The molecule has 7 N–H and O–H groups in total. The van der Waals surface area contributed by atoms with Crippen molar-refractivity contribution in [1.82, 2.24) is 10.6 Å². The summed E-state index contributed by atoms with van der Waals surface area (Å²) in [5.41, 5.74) is -0.367. The summed E-state index contributed by atoms with van der Waals surface area (Å²) in [7, 11) is 0. The van der Waals surface area contributed by atoms with Crippen LogP contribution in [0.15, 0.2) is 35.0 Å². The van der Waals surface area contributed by atoms with Gasteiger partial charge in [0.25, 0.3) is 0 Å². The molecule has 1 spiro atoms. The van der Waals surface area contributed by atoms with Crippen molar-refractivity contribution in [1.29, 1.82) is 0 Å². The van der Waals surface area contributed by atoms with Crippen molar-refractivity contribution in [2.24, 2.45) is 52.3 Å². The van der Waals surface area contributed by atoms with Gasteiger partial charge in [0.2, 0.25) is 0 Å². The molecule has 0 aromatic carbocycles. The molecule has 8 aliphatic rings. The van der Waals surface area contributed by atoms with E-state index in [9.17, 15) is 39.9 Å². The fourth-order valence-electron chi connectivity index (χ4n) is 14.7. The minimum Gasteiger partial charge on any atom is -0.447 e. The lowest BCUT2D eigenvalue weighted by Gasteiger charge is -2.60. The molecule has 18 nitrogen and oxygen atoms in total. The van der Waals surface area contributed by atoms with Crippen LogP contribution in [0.5, 0.6) is 0 Å². The smallest absolute Gasteiger partial charge is 0.407 e. The second-order valence-corrected chi connectivity index (χ2v) is 24.4. The maximum Gasteiger partial charge on any atom is 0.407 e. The Labute approximate surface area is 422 Å². The lowest BCUT2D eigenvalue weighted by Crippen LogP contribution is -2.65. The largest absolute Gasteiger partial charge is 0.447 e. The number of carbonyl (C=O) groups excluding carboxylic acids is 3. The zero-order chi connectivity index (χ0) is 50.0. The lowest BCUT2D eigenvalue weighted by atomic mass is 9.44. The zero-order valence-corrected chi connectivity index (χ0v) is 42.5. The highest BCUT2D eigenvalue weighted by Crippen LogP contribution is 2.70. The molecule has 20 heteroatoms. The fraction of sp³-hybridized carbons (Fsp3) is 0.784. The number of alkyl carbamates (subject to hydrolysis) is 2. The highest BCUT2D eigenvalue weighted by molar-refractivity contribution is 7.10. The monoisotopic (exact) mass is 1030 g/mol. The fourth-order valence-corrected chi connectivity index (χ4v) is 16.0. The predicted molar refractivity (Wildman–Crippen MR) is 254 cm³/mol. The van der Waals surface area contributed by atoms with Crippen molar-refractivity contribution in [3.8, 4) is 0 Å². The normalized spacial score (nSPS) is 46.1. The Bertz CT molecular complexity index is 2160. The van der Waals surface area contributed by atoms with Gasteiger partial charge in [0.05, 0.1) is 38.5 Å². The van der Waals surface area contributed by atoms with E-state index in [0.717, 1.165) is 48.3 Å². The van der Waals surface area contributed by atoms with Gasteiger partial charge in [-0.15, -0.1) is 22.7 Å². The van der Waals surface area contributed by atoms with Crippen LogP contribution in [-0.2, 0) is 55.8 Å². The summed E-state index contributed by atoms with van der Waals surface area (Å²) in [6.45, 7) is 8.95. The standard InChI is InChI=1S/C51H72N2O16S2/c1-25-11-14-51(63-23-25)26(2)37-34(69-51)18-32-31-10-9-27-17-28(12-13-49(27,3)38(31)33(55)19-50(32,37)4)64-45-41(58)39(56)43(35(22-54)65-45)67-46-42(59)40(57)44(68-48(61)53-21-30-8-6-16-71-30)36(66-46)24-62-47(60)52-20-29-7-5-15-70-29/h5-8,15-16,25-28,31-32,34-46,54,56-59H,9-14,17-24H2,1-4H3,(H,52,60)(H,53,61)/t25-,26+,27+,28+,31?,32?,34?,35-,36-,37?,38?,39-,40-,41-,42-,43-,44-,45-,46+,49+,50+,51-/m1/s1. The first-order chi connectivity index (χ1) is 34.0. The third-order valence-electron chi connectivity index (χ3n) is 18.2. The Balaban J connectivity index is 0.761. The van der Waals surface area contributed by atoms with Crippen LogP contribution in [0.25, 0.3) is 0 Å². The summed E-state index contributed by atoms with van der Waals surface area (Å²) in [4.78, 5) is 42.0. The molecule has 8 fully saturated rings. The number of nitrogens with one attached hydrogen (secondary N) is 2. The summed E-state index contributed by atoms with van der Waals surface area (Å²) in [5, 5.41) is 65.3. The molecule has 2 aromatic heterocycles. The van der Waals surface area contributed by atoms with Gasteiger partial charge in [0.15, 0.2) is 24.5 Å². The number of rotatable bonds is 12. The predicted octanol–water partition coefficient (Wildman–Crippen LogP) is 4.61. The number of ether oxygens (including phenoxy) is 8. The first kappa shape index (κ1) is 51.6. The second kappa shape index (κ2) is 20.7. The van der Waals surface area contributed by atoms with E-state index >= 15 is 0 Å². The maximum atomic E-state index is 14.7. The first-order valence-corrected chi connectivity index (χ1v) is 27.5. The zero-order valence-electron chi connectivity index (χ0n) is 40.9. The van der Waals surface area contributed by atoms with E-state index in [-0.39, 0.29) is 65.7 Å². The van der Waals surface area contributed by atoms with Crippen LogP contribution in [0.4, 0.5) is 9.59 Å². The lowest BCUT2D eigenvalue weighted by molar-refractivity contribution is -0.363. The molecule has 71 heavy (non-hydrogen) atoms. The Morgan fingerprint density at radius 3 is 2.14 bits per heavy atom. The number of amides is 2. The molecule has 2 amide bonds. The highest BCUT2D eigenvalue weighted by Gasteiger charge is 2.71. The maximum absolute atomic E-state index is 14.7. The van der Waals surface area contributed by atoms with Crippen molar-refractivity contribution in [2.75, 3.05) is 19.8 Å². The van der Waals surface area contributed by atoms with Gasteiger partial charge in [0, 0.05) is 34.4 Å². The average Bonchev–Trinajstić information content (AvgIpc) is 4.17. The number of thiophene rings is 2. The minimum atomic E-state index is -1.89. The molecule has 2 aromatic rings. The third-order valence-corrected chi connectivity index (χ3v) is 20.0. The quantitative estimate of drug-likeness (QED) is 0.143. The summed E-state index contributed by atoms with van der Waals surface area (Å²) in [5.74, 6) is 1.65. The van der Waals surface area contributed by atoms with Gasteiger partial charge in [-0.1, -0.05) is 39.8 Å². The molecule has 4 aliphatic heterocycles. The van der Waals surface area contributed by atoms with Crippen LogP contribution in [-0.4, -0.2) is 143 Å². The molecule has 4 saturated carbocycles. The number of carbonyl (C=O) groups is 3. The minimum absolute atomic E-state index is 0.0591. The van der Waals surface area contributed by atoms with Crippen molar-refractivity contribution in [2.45, 2.75) is 178 Å². The van der Waals surface area contributed by atoms with E-state index in [1.165, 1.54) is 22.7 Å². The Kier molecular flexibility index (Phi) is 15.1. The average molecular weight is 1030 g/mol. The molecule has 0 radical (unpaired) electrons. The number of aliphatic hydroxyl groups is 5. The van der Waals surface area contributed by atoms with Crippen molar-refractivity contribution >= 4 is 40.6 Å². The van der Waals surface area contributed by atoms with Gasteiger partial charge in [-0.25, -0.2) is 9.59 Å². The SMILES string of the molecule is C[C@@H]1CC[C@@]2(OC1)OC1CC3C4CC[C@H]5C[C@@H](O[C@@H]6O[C@H](CO)[C@@H](O[C@@H]7O[C@H](COC(=O)NCc8cccs8)[C@@H](OC(=O)NCc8cccs8)[C@H](O)[C@H]7O)[C@H](O)[C@H]6O)CC[C@]5(C)C4C(=O)C[C@]3(C)C1[C@@H]2C. The van der Waals surface area contributed by atoms with Crippen LogP contribution >= 0.6 is 22.7 Å². The van der Waals surface area contributed by atoms with Crippen LogP contribution in [0.1, 0.15) is 95.2 Å². The van der Waals surface area contributed by atoms with E-state index in [1.54, 1.807) is 0 Å². The molecular formula is C51H72N2O16S2. The van der Waals surface area contributed by atoms with E-state index in [1.807, 2.05) is 35.0 Å². The molecular weight excluding hydrogens is 961 g/mol. The van der Waals surface area contributed by atoms with Gasteiger partial charge in [-0.05, 0) is 108 Å². The molecule has 10 rings (SSSR count).